The summed E-state index contributed by atoms with van der Waals surface area (Å²) in [6.07, 6.45) is 1.50. The average Bonchev–Trinajstić information content (AvgIpc) is 2.66. The lowest BCUT2D eigenvalue weighted by molar-refractivity contribution is -0.112. The molecule has 6 nitrogen and oxygen atoms in total. The highest BCUT2D eigenvalue weighted by atomic mass is 16.5. The molecule has 0 aliphatic rings. The first-order valence-corrected chi connectivity index (χ1v) is 7.74. The maximum atomic E-state index is 12.3. The molecular formula is C20H18N2O4. The van der Waals surface area contributed by atoms with Crippen LogP contribution < -0.4 is 10.1 Å². The van der Waals surface area contributed by atoms with Crippen LogP contribution in [0.15, 0.2) is 48.0 Å². The Hall–Kier alpha value is -3.59. The third-order valence-electron chi connectivity index (χ3n) is 3.66. The van der Waals surface area contributed by atoms with Crippen molar-refractivity contribution in [3.63, 3.8) is 0 Å². The van der Waals surface area contributed by atoms with E-state index in [-0.39, 0.29) is 5.57 Å². The fourth-order valence-electron chi connectivity index (χ4n) is 2.31. The maximum Gasteiger partial charge on any atom is 0.337 e. The Labute approximate surface area is 151 Å². The summed E-state index contributed by atoms with van der Waals surface area (Å²) in [5.41, 5.74) is 2.42. The van der Waals surface area contributed by atoms with Crippen LogP contribution in [0.1, 0.15) is 21.5 Å². The van der Waals surface area contributed by atoms with Gasteiger partial charge < -0.3 is 14.8 Å². The summed E-state index contributed by atoms with van der Waals surface area (Å²) in [6.45, 7) is 1.88. The van der Waals surface area contributed by atoms with Gasteiger partial charge in [-0.05, 0) is 60.5 Å². The Morgan fingerprint density at radius 3 is 2.35 bits per heavy atom. The number of hydrogen-bond acceptors (Lipinski definition) is 5. The largest absolute Gasteiger partial charge is 0.496 e. The van der Waals surface area contributed by atoms with Gasteiger partial charge in [-0.25, -0.2) is 4.79 Å². The molecule has 132 valence electrons. The first kappa shape index (κ1) is 18.7. The molecule has 0 fully saturated rings. The lowest BCUT2D eigenvalue weighted by Gasteiger charge is -2.07. The molecule has 0 saturated carbocycles. The second kappa shape index (κ2) is 8.49. The monoisotopic (exact) mass is 350 g/mol. The zero-order valence-corrected chi connectivity index (χ0v) is 14.7. The molecule has 1 amide bonds. The van der Waals surface area contributed by atoms with Gasteiger partial charge in [0, 0.05) is 5.69 Å². The van der Waals surface area contributed by atoms with Crippen molar-refractivity contribution in [2.75, 3.05) is 19.5 Å². The number of carbonyl (C=O) groups is 2. The fourth-order valence-corrected chi connectivity index (χ4v) is 2.31. The van der Waals surface area contributed by atoms with Crippen LogP contribution in [-0.4, -0.2) is 26.1 Å². The SMILES string of the molecule is COC(=O)c1ccc(NC(=O)/C(C#N)=C/c2ccc(OC)c(C)c2)cc1. The molecule has 2 aromatic rings. The first-order chi connectivity index (χ1) is 12.5. The van der Waals surface area contributed by atoms with E-state index >= 15 is 0 Å². The van der Waals surface area contributed by atoms with Crippen LogP contribution in [0.4, 0.5) is 5.69 Å². The summed E-state index contributed by atoms with van der Waals surface area (Å²) in [5.74, 6) is -0.266. The van der Waals surface area contributed by atoms with Crippen molar-refractivity contribution >= 4 is 23.6 Å². The predicted octanol–water partition coefficient (Wildman–Crippen LogP) is 3.34. The minimum absolute atomic E-state index is 0.0355. The number of methoxy groups -OCH3 is 2. The van der Waals surface area contributed by atoms with Crippen LogP contribution in [0, 0.1) is 18.3 Å². The quantitative estimate of drug-likeness (QED) is 0.507. The molecule has 0 bridgehead atoms. The predicted molar refractivity (Wildman–Crippen MR) is 97.7 cm³/mol. The second-order valence-corrected chi connectivity index (χ2v) is 5.42. The molecule has 1 N–H and O–H groups in total. The van der Waals surface area contributed by atoms with Gasteiger partial charge in [0.2, 0.25) is 0 Å². The molecular weight excluding hydrogens is 332 g/mol. The average molecular weight is 350 g/mol. The zero-order chi connectivity index (χ0) is 19.1. The zero-order valence-electron chi connectivity index (χ0n) is 14.7. The highest BCUT2D eigenvalue weighted by Crippen LogP contribution is 2.20. The number of nitriles is 1. The Balaban J connectivity index is 2.17. The molecule has 0 atom stereocenters. The van der Waals surface area contributed by atoms with Crippen molar-refractivity contribution in [1.29, 1.82) is 5.26 Å². The Morgan fingerprint density at radius 2 is 1.81 bits per heavy atom. The maximum absolute atomic E-state index is 12.3. The van der Waals surface area contributed by atoms with Crippen LogP contribution in [0.5, 0.6) is 5.75 Å². The number of hydrogen-bond donors (Lipinski definition) is 1. The normalized spacial score (nSPS) is 10.6. The lowest BCUT2D eigenvalue weighted by Crippen LogP contribution is -2.13. The van der Waals surface area contributed by atoms with Crippen LogP contribution in [-0.2, 0) is 9.53 Å². The number of esters is 1. The summed E-state index contributed by atoms with van der Waals surface area (Å²) < 4.78 is 9.81. The summed E-state index contributed by atoms with van der Waals surface area (Å²) in [4.78, 5) is 23.7. The van der Waals surface area contributed by atoms with Crippen molar-refractivity contribution in [2.45, 2.75) is 6.92 Å². The molecule has 0 saturated heterocycles. The van der Waals surface area contributed by atoms with Gasteiger partial charge in [0.1, 0.15) is 17.4 Å². The van der Waals surface area contributed by atoms with Crippen LogP contribution in [0.25, 0.3) is 6.08 Å². The van der Waals surface area contributed by atoms with Gasteiger partial charge >= 0.3 is 5.97 Å². The van der Waals surface area contributed by atoms with E-state index in [9.17, 15) is 14.9 Å². The molecule has 0 radical (unpaired) electrons. The van der Waals surface area contributed by atoms with E-state index in [0.29, 0.717) is 11.3 Å². The van der Waals surface area contributed by atoms with E-state index in [4.69, 9.17) is 4.74 Å². The molecule has 26 heavy (non-hydrogen) atoms. The van der Waals surface area contributed by atoms with E-state index in [1.807, 2.05) is 19.1 Å². The van der Waals surface area contributed by atoms with Crippen molar-refractivity contribution in [1.82, 2.24) is 0 Å². The summed E-state index contributed by atoms with van der Waals surface area (Å²) in [7, 11) is 2.88. The first-order valence-electron chi connectivity index (χ1n) is 7.74. The summed E-state index contributed by atoms with van der Waals surface area (Å²) in [5, 5.41) is 11.9. The van der Waals surface area contributed by atoms with Gasteiger partial charge in [-0.1, -0.05) is 6.07 Å². The van der Waals surface area contributed by atoms with Crippen molar-refractivity contribution in [3.8, 4) is 11.8 Å². The van der Waals surface area contributed by atoms with E-state index in [0.717, 1.165) is 16.9 Å². The number of rotatable bonds is 5. The Kier molecular flexibility index (Phi) is 6.12. The molecule has 0 spiro atoms. The summed E-state index contributed by atoms with van der Waals surface area (Å²) >= 11 is 0. The fraction of sp³-hybridized carbons (Fsp3) is 0.150. The highest BCUT2D eigenvalue weighted by Gasteiger charge is 2.11. The van der Waals surface area contributed by atoms with E-state index < -0.39 is 11.9 Å². The topological polar surface area (TPSA) is 88.4 Å². The van der Waals surface area contributed by atoms with Crippen LogP contribution in [0.2, 0.25) is 0 Å². The smallest absolute Gasteiger partial charge is 0.337 e. The molecule has 2 rings (SSSR count). The number of carbonyl (C=O) groups excluding carboxylic acids is 2. The molecule has 0 aliphatic carbocycles. The lowest BCUT2D eigenvalue weighted by atomic mass is 10.1. The Bertz CT molecular complexity index is 893. The van der Waals surface area contributed by atoms with Gasteiger partial charge in [-0.15, -0.1) is 0 Å². The molecule has 0 unspecified atom stereocenters. The number of amides is 1. The molecule has 0 aliphatic heterocycles. The van der Waals surface area contributed by atoms with Gasteiger partial charge in [-0.3, -0.25) is 4.79 Å². The molecule has 0 aromatic heterocycles. The molecule has 0 heterocycles. The summed E-state index contributed by atoms with van der Waals surface area (Å²) in [6, 6.07) is 13.5. The van der Waals surface area contributed by atoms with Crippen molar-refractivity contribution in [3.05, 3.63) is 64.7 Å². The van der Waals surface area contributed by atoms with Crippen molar-refractivity contribution in [2.24, 2.45) is 0 Å². The Morgan fingerprint density at radius 1 is 1.12 bits per heavy atom. The minimum atomic E-state index is -0.535. The third kappa shape index (κ3) is 4.48. The number of benzene rings is 2. The molecule has 6 heteroatoms. The van der Waals surface area contributed by atoms with E-state index in [1.54, 1.807) is 31.4 Å². The number of anilines is 1. The van der Waals surface area contributed by atoms with Crippen molar-refractivity contribution < 1.29 is 19.1 Å². The van der Waals surface area contributed by atoms with Gasteiger partial charge in [-0.2, -0.15) is 5.26 Å². The number of nitrogens with one attached hydrogen (secondary N) is 1. The number of ether oxygens (including phenoxy) is 2. The highest BCUT2D eigenvalue weighted by molar-refractivity contribution is 6.09. The van der Waals surface area contributed by atoms with E-state index in [2.05, 4.69) is 10.1 Å². The van der Waals surface area contributed by atoms with Gasteiger partial charge in [0.25, 0.3) is 5.91 Å². The van der Waals surface area contributed by atoms with Gasteiger partial charge in [0.15, 0.2) is 0 Å². The molecule has 2 aromatic carbocycles. The number of aryl methyl sites for hydroxylation is 1. The van der Waals surface area contributed by atoms with E-state index in [1.165, 1.54) is 25.3 Å². The third-order valence-corrected chi connectivity index (χ3v) is 3.66. The van der Waals surface area contributed by atoms with Crippen LogP contribution in [0.3, 0.4) is 0 Å². The standard InChI is InChI=1S/C20H18N2O4/c1-13-10-14(4-9-18(13)25-2)11-16(12-21)19(23)22-17-7-5-15(6-8-17)20(24)26-3/h4-11H,1-3H3,(H,22,23)/b16-11+. The second-order valence-electron chi connectivity index (χ2n) is 5.42. The minimum Gasteiger partial charge on any atom is -0.496 e. The van der Waals surface area contributed by atoms with Crippen LogP contribution >= 0.6 is 0 Å². The van der Waals surface area contributed by atoms with Gasteiger partial charge in [0.05, 0.1) is 19.8 Å². The number of nitrogens with zero attached hydrogens (tertiary/aromatic N) is 1.